The zero-order valence-corrected chi connectivity index (χ0v) is 21.4. The molecule has 0 radical (unpaired) electrons. The molecule has 0 unspecified atom stereocenters. The largest absolute Gasteiger partial charge is 0.508 e. The molecule has 0 spiro atoms. The summed E-state index contributed by atoms with van der Waals surface area (Å²) in [7, 11) is 0. The van der Waals surface area contributed by atoms with Gasteiger partial charge in [-0.1, -0.05) is 43.2 Å². The molecule has 2 heterocycles. The molecular weight excluding hydrogens is 466 g/mol. The number of carbonyl (C=O) groups excluding carboxylic acids is 1. The van der Waals surface area contributed by atoms with Crippen molar-refractivity contribution in [2.75, 3.05) is 26.2 Å². The van der Waals surface area contributed by atoms with Crippen LogP contribution in [0.1, 0.15) is 59.3 Å². The average Bonchev–Trinajstić information content (AvgIpc) is 3.10. The molecule has 0 atom stereocenters. The number of rotatable bonds is 8. The Hall–Kier alpha value is -3.15. The van der Waals surface area contributed by atoms with Crippen molar-refractivity contribution in [3.8, 4) is 11.5 Å². The van der Waals surface area contributed by atoms with E-state index in [0.717, 1.165) is 45.7 Å². The van der Waals surface area contributed by atoms with Gasteiger partial charge >= 0.3 is 0 Å². The normalized spacial score (nSPS) is 16.5. The maximum Gasteiger partial charge on any atom is 0.195 e. The quantitative estimate of drug-likeness (QED) is 0.259. The van der Waals surface area contributed by atoms with Crippen molar-refractivity contribution >= 4 is 32.8 Å². The number of allylic oxidation sites excluding steroid dienone is 6. The second-order valence-corrected chi connectivity index (χ2v) is 10.6. The van der Waals surface area contributed by atoms with Gasteiger partial charge < -0.3 is 14.7 Å². The number of benzene rings is 2. The maximum absolute atomic E-state index is 13.8. The minimum atomic E-state index is -0.00670. The van der Waals surface area contributed by atoms with Crippen LogP contribution in [-0.4, -0.2) is 42.0 Å². The summed E-state index contributed by atoms with van der Waals surface area (Å²) >= 11 is 1.56. The number of phenols is 1. The fourth-order valence-corrected chi connectivity index (χ4v) is 6.23. The first-order valence-corrected chi connectivity index (χ1v) is 13.8. The molecule has 1 aliphatic carbocycles. The number of hydrogen-bond acceptors (Lipinski definition) is 5. The van der Waals surface area contributed by atoms with Crippen LogP contribution in [0, 0.1) is 0 Å². The highest BCUT2D eigenvalue weighted by Gasteiger charge is 2.22. The van der Waals surface area contributed by atoms with E-state index in [-0.39, 0.29) is 11.5 Å². The smallest absolute Gasteiger partial charge is 0.195 e. The number of hydrogen-bond donors (Lipinski definition) is 1. The number of fused-ring (bicyclic) bond motifs is 1. The SMILES string of the molecule is O=C(c1ccc(OCCCN2CCCCCC2)cc1)c1c(C2=CC=CC=CC2)sc2cc(O)ccc12. The molecule has 5 rings (SSSR count). The summed E-state index contributed by atoms with van der Waals surface area (Å²) in [5, 5.41) is 10.9. The molecule has 0 bridgehead atoms. The third-order valence-electron chi connectivity index (χ3n) is 6.89. The zero-order chi connectivity index (χ0) is 24.7. The molecule has 4 nitrogen and oxygen atoms in total. The maximum atomic E-state index is 13.8. The fraction of sp³-hybridized carbons (Fsp3) is 0.323. The van der Waals surface area contributed by atoms with E-state index in [1.165, 1.54) is 38.8 Å². The lowest BCUT2D eigenvalue weighted by Gasteiger charge is -2.19. The Labute approximate surface area is 217 Å². The Morgan fingerprint density at radius 3 is 2.58 bits per heavy atom. The summed E-state index contributed by atoms with van der Waals surface area (Å²) in [5.74, 6) is 0.999. The van der Waals surface area contributed by atoms with Crippen LogP contribution in [0.5, 0.6) is 11.5 Å². The van der Waals surface area contributed by atoms with Crippen LogP contribution < -0.4 is 4.74 Å². The summed E-state index contributed by atoms with van der Waals surface area (Å²) in [4.78, 5) is 17.3. The fourth-order valence-electron chi connectivity index (χ4n) is 4.97. The number of thiophene rings is 1. The van der Waals surface area contributed by atoms with E-state index in [1.807, 2.05) is 48.6 Å². The Bertz CT molecular complexity index is 1290. The molecule has 0 amide bonds. The zero-order valence-electron chi connectivity index (χ0n) is 20.6. The van der Waals surface area contributed by atoms with Gasteiger partial charge in [0.15, 0.2) is 5.78 Å². The van der Waals surface area contributed by atoms with E-state index in [1.54, 1.807) is 23.5 Å². The van der Waals surface area contributed by atoms with Gasteiger partial charge in [0.25, 0.3) is 0 Å². The van der Waals surface area contributed by atoms with E-state index in [9.17, 15) is 9.90 Å². The van der Waals surface area contributed by atoms with Crippen molar-refractivity contribution in [2.24, 2.45) is 0 Å². The number of ether oxygens (including phenoxy) is 1. The highest BCUT2D eigenvalue weighted by Crippen LogP contribution is 2.40. The topological polar surface area (TPSA) is 49.8 Å². The minimum absolute atomic E-state index is 0.00670. The van der Waals surface area contributed by atoms with Crippen molar-refractivity contribution in [3.05, 3.63) is 88.8 Å². The molecule has 3 aromatic rings. The minimum Gasteiger partial charge on any atom is -0.508 e. The standard InChI is InChI=1S/C31H33NO3S/c33-25-14-17-27-28(22-25)36-31(24-10-5-1-2-6-11-24)29(27)30(34)23-12-15-26(16-13-23)35-21-9-20-32-18-7-3-4-8-19-32/h1-2,5-6,10,12-17,22,33H,3-4,7-9,11,18-21H2. The average molecular weight is 500 g/mol. The number of carbonyl (C=O) groups is 1. The molecule has 1 aromatic heterocycles. The van der Waals surface area contributed by atoms with Gasteiger partial charge in [-0.15, -0.1) is 11.3 Å². The van der Waals surface area contributed by atoms with Crippen LogP contribution in [0.15, 0.2) is 72.8 Å². The van der Waals surface area contributed by atoms with Crippen LogP contribution in [0.3, 0.4) is 0 Å². The number of ketones is 1. The number of aromatic hydroxyl groups is 1. The summed E-state index contributed by atoms with van der Waals surface area (Å²) in [5.41, 5.74) is 2.45. The predicted octanol–water partition coefficient (Wildman–Crippen LogP) is 7.38. The lowest BCUT2D eigenvalue weighted by molar-refractivity contribution is 0.104. The van der Waals surface area contributed by atoms with E-state index >= 15 is 0 Å². The third-order valence-corrected chi connectivity index (χ3v) is 8.12. The monoisotopic (exact) mass is 499 g/mol. The number of likely N-dealkylation sites (tertiary alicyclic amines) is 1. The molecule has 2 aromatic carbocycles. The van der Waals surface area contributed by atoms with Crippen LogP contribution in [0.2, 0.25) is 0 Å². The molecule has 36 heavy (non-hydrogen) atoms. The van der Waals surface area contributed by atoms with Gasteiger partial charge in [-0.2, -0.15) is 0 Å². The van der Waals surface area contributed by atoms with Crippen molar-refractivity contribution in [1.82, 2.24) is 4.90 Å². The first-order valence-electron chi connectivity index (χ1n) is 13.0. The van der Waals surface area contributed by atoms with Gasteiger partial charge in [-0.3, -0.25) is 4.79 Å². The predicted molar refractivity (Wildman–Crippen MR) is 149 cm³/mol. The first-order chi connectivity index (χ1) is 17.7. The molecule has 1 saturated heterocycles. The van der Waals surface area contributed by atoms with Crippen molar-refractivity contribution in [3.63, 3.8) is 0 Å². The summed E-state index contributed by atoms with van der Waals surface area (Å²) in [6, 6.07) is 12.8. The van der Waals surface area contributed by atoms with Crippen LogP contribution >= 0.6 is 11.3 Å². The van der Waals surface area contributed by atoms with E-state index < -0.39 is 0 Å². The second-order valence-electron chi connectivity index (χ2n) is 9.51. The van der Waals surface area contributed by atoms with Crippen LogP contribution in [-0.2, 0) is 0 Å². The van der Waals surface area contributed by atoms with E-state index in [2.05, 4.69) is 17.1 Å². The summed E-state index contributed by atoms with van der Waals surface area (Å²) < 4.78 is 6.89. The highest BCUT2D eigenvalue weighted by atomic mass is 32.1. The Kier molecular flexibility index (Phi) is 7.99. The number of phenolic OH excluding ortho intramolecular Hbond substituents is 1. The van der Waals surface area contributed by atoms with Crippen molar-refractivity contribution in [1.29, 1.82) is 0 Å². The van der Waals surface area contributed by atoms with Crippen LogP contribution in [0.4, 0.5) is 0 Å². The Morgan fingerprint density at radius 2 is 1.78 bits per heavy atom. The molecule has 1 fully saturated rings. The molecule has 0 saturated carbocycles. The Morgan fingerprint density at radius 1 is 0.972 bits per heavy atom. The molecule has 1 N–H and O–H groups in total. The molecule has 1 aliphatic heterocycles. The molecular formula is C31H33NO3S. The van der Waals surface area contributed by atoms with Gasteiger partial charge in [0, 0.05) is 32.6 Å². The summed E-state index contributed by atoms with van der Waals surface area (Å²) in [6.45, 7) is 4.18. The lowest BCUT2D eigenvalue weighted by Crippen LogP contribution is -2.26. The number of nitrogens with zero attached hydrogens (tertiary/aromatic N) is 1. The van der Waals surface area contributed by atoms with E-state index in [0.29, 0.717) is 17.7 Å². The van der Waals surface area contributed by atoms with Crippen molar-refractivity contribution < 1.29 is 14.6 Å². The molecule has 5 heteroatoms. The van der Waals surface area contributed by atoms with Gasteiger partial charge in [0.1, 0.15) is 11.5 Å². The Balaban J connectivity index is 1.30. The van der Waals surface area contributed by atoms with Gasteiger partial charge in [-0.25, -0.2) is 0 Å². The second kappa shape index (κ2) is 11.7. The third kappa shape index (κ3) is 5.80. The van der Waals surface area contributed by atoms with Gasteiger partial charge in [0.2, 0.25) is 0 Å². The van der Waals surface area contributed by atoms with Gasteiger partial charge in [0.05, 0.1) is 6.61 Å². The highest BCUT2D eigenvalue weighted by molar-refractivity contribution is 7.20. The summed E-state index contributed by atoms with van der Waals surface area (Å²) in [6.07, 6.45) is 17.3. The van der Waals surface area contributed by atoms with E-state index in [4.69, 9.17) is 4.74 Å². The lowest BCUT2D eigenvalue weighted by atomic mass is 9.96. The van der Waals surface area contributed by atoms with Crippen molar-refractivity contribution in [2.45, 2.75) is 38.5 Å². The van der Waals surface area contributed by atoms with Crippen LogP contribution in [0.25, 0.3) is 15.7 Å². The first kappa shape index (κ1) is 24.5. The van der Waals surface area contributed by atoms with Gasteiger partial charge in [-0.05, 0) is 86.8 Å². The molecule has 2 aliphatic rings. The molecule has 186 valence electrons.